The molecule has 2 heterocycles. The molecule has 0 unspecified atom stereocenters. The number of pyridine rings is 2. The van der Waals surface area contributed by atoms with E-state index in [9.17, 15) is 4.79 Å². The molecule has 0 spiro atoms. The van der Waals surface area contributed by atoms with Crippen molar-refractivity contribution in [3.8, 4) is 5.75 Å². The number of aromatic nitrogens is 2. The molecule has 4 rings (SSSR count). The summed E-state index contributed by atoms with van der Waals surface area (Å²) < 4.78 is 7.56. The van der Waals surface area contributed by atoms with Crippen LogP contribution in [0.25, 0.3) is 21.7 Å². The third kappa shape index (κ3) is 2.73. The predicted octanol–water partition coefficient (Wildman–Crippen LogP) is 3.47. The smallest absolute Gasteiger partial charge is 0.257 e. The van der Waals surface area contributed by atoms with Crippen molar-refractivity contribution in [3.05, 3.63) is 72.6 Å². The highest BCUT2D eigenvalue weighted by atomic mass is 16.5. The summed E-state index contributed by atoms with van der Waals surface area (Å²) in [6.07, 6.45) is 3.69. The summed E-state index contributed by atoms with van der Waals surface area (Å²) >= 11 is 0. The van der Waals surface area contributed by atoms with E-state index in [1.807, 2.05) is 60.3 Å². The zero-order valence-corrected chi connectivity index (χ0v) is 14.6. The molecule has 0 fully saturated rings. The normalized spacial score (nSPS) is 10.8. The van der Waals surface area contributed by atoms with E-state index in [0.29, 0.717) is 11.4 Å². The lowest BCUT2D eigenvalue weighted by Crippen LogP contribution is -2.29. The number of amides is 1. The number of aryl methyl sites for hydroxylation is 1. The van der Waals surface area contributed by atoms with Crippen LogP contribution in [-0.2, 0) is 7.05 Å². The molecule has 0 aliphatic heterocycles. The second kappa shape index (κ2) is 6.44. The van der Waals surface area contributed by atoms with Gasteiger partial charge in [0.2, 0.25) is 5.52 Å². The van der Waals surface area contributed by atoms with Crippen LogP contribution in [0.15, 0.2) is 67.0 Å². The highest BCUT2D eigenvalue weighted by molar-refractivity contribution is 6.10. The van der Waals surface area contributed by atoms with Gasteiger partial charge in [0.1, 0.15) is 18.6 Å². The summed E-state index contributed by atoms with van der Waals surface area (Å²) in [5, 5.41) is 5.99. The number of carbonyl (C=O) groups is 1. The van der Waals surface area contributed by atoms with Crippen LogP contribution in [-0.4, -0.2) is 18.0 Å². The van der Waals surface area contributed by atoms with Crippen molar-refractivity contribution in [2.45, 2.75) is 0 Å². The van der Waals surface area contributed by atoms with Crippen molar-refractivity contribution >= 4 is 33.4 Å². The number of nitrogens with one attached hydrogen (secondary N) is 1. The van der Waals surface area contributed by atoms with E-state index in [1.54, 1.807) is 19.4 Å². The predicted molar refractivity (Wildman–Crippen MR) is 101 cm³/mol. The molecule has 0 aliphatic rings. The number of hydrogen-bond acceptors (Lipinski definition) is 3. The van der Waals surface area contributed by atoms with Crippen molar-refractivity contribution < 1.29 is 14.1 Å². The Bertz CT molecular complexity index is 1120. The lowest BCUT2D eigenvalue weighted by atomic mass is 10.0. The highest BCUT2D eigenvalue weighted by Gasteiger charge is 2.16. The Morgan fingerprint density at radius 1 is 1.12 bits per heavy atom. The van der Waals surface area contributed by atoms with E-state index in [4.69, 9.17) is 4.74 Å². The van der Waals surface area contributed by atoms with E-state index < -0.39 is 0 Å². The number of hydrogen-bond donors (Lipinski definition) is 1. The Labute approximate surface area is 150 Å². The van der Waals surface area contributed by atoms with Crippen LogP contribution < -0.4 is 14.6 Å². The molecule has 2 aromatic heterocycles. The second-order valence-electron chi connectivity index (χ2n) is 6.07. The van der Waals surface area contributed by atoms with Gasteiger partial charge in [-0.2, -0.15) is 0 Å². The topological polar surface area (TPSA) is 55.1 Å². The van der Waals surface area contributed by atoms with Crippen molar-refractivity contribution in [2.24, 2.45) is 7.05 Å². The molecule has 0 saturated heterocycles. The van der Waals surface area contributed by atoms with E-state index in [-0.39, 0.29) is 5.91 Å². The molecule has 1 N–H and O–H groups in total. The van der Waals surface area contributed by atoms with E-state index in [0.717, 1.165) is 27.4 Å². The summed E-state index contributed by atoms with van der Waals surface area (Å²) in [6, 6.07) is 17.1. The summed E-state index contributed by atoms with van der Waals surface area (Å²) in [6.45, 7) is 0. The molecule has 0 aliphatic carbocycles. The zero-order valence-electron chi connectivity index (χ0n) is 14.6. The van der Waals surface area contributed by atoms with Crippen LogP contribution in [0, 0.1) is 0 Å². The van der Waals surface area contributed by atoms with Crippen LogP contribution in [0.3, 0.4) is 0 Å². The first-order chi connectivity index (χ1) is 12.7. The maximum absolute atomic E-state index is 12.6. The fourth-order valence-corrected chi connectivity index (χ4v) is 3.19. The Kier molecular flexibility index (Phi) is 3.97. The Balaban J connectivity index is 1.84. The molecule has 5 nitrogen and oxygen atoms in total. The maximum Gasteiger partial charge on any atom is 0.257 e. The summed E-state index contributed by atoms with van der Waals surface area (Å²) in [4.78, 5) is 16.7. The number of carbonyl (C=O) groups excluding carboxylic acids is 1. The number of rotatable bonds is 3. The van der Waals surface area contributed by atoms with Crippen molar-refractivity contribution in [1.29, 1.82) is 0 Å². The Morgan fingerprint density at radius 2 is 2.00 bits per heavy atom. The van der Waals surface area contributed by atoms with Crippen LogP contribution in [0.2, 0.25) is 0 Å². The molecule has 26 heavy (non-hydrogen) atoms. The van der Waals surface area contributed by atoms with Crippen LogP contribution in [0.1, 0.15) is 10.4 Å². The van der Waals surface area contributed by atoms with Gasteiger partial charge in [-0.3, -0.25) is 4.79 Å². The summed E-state index contributed by atoms with van der Waals surface area (Å²) in [5.41, 5.74) is 1.53. The zero-order chi connectivity index (χ0) is 18.1. The lowest BCUT2D eigenvalue weighted by Gasteiger charge is -2.09. The largest absolute Gasteiger partial charge is 0.496 e. The van der Waals surface area contributed by atoms with Gasteiger partial charge in [0.15, 0.2) is 6.20 Å². The molecule has 5 heteroatoms. The van der Waals surface area contributed by atoms with Gasteiger partial charge in [0, 0.05) is 23.2 Å². The minimum absolute atomic E-state index is 0.189. The second-order valence-corrected chi connectivity index (χ2v) is 6.07. The van der Waals surface area contributed by atoms with Gasteiger partial charge in [-0.05, 0) is 36.4 Å². The molecular formula is C21H18N3O2+. The Hall–Kier alpha value is -3.47. The van der Waals surface area contributed by atoms with Crippen molar-refractivity contribution in [1.82, 2.24) is 4.98 Å². The standard InChI is InChI=1S/C21H17N3O2/c1-24-13-15-6-5-7-18(26-2)20(15)16-10-9-14(12-17(16)24)21(25)23-19-8-3-4-11-22-19/h3-13H,1-2H3/p+1. The number of ether oxygens (including phenoxy) is 1. The quantitative estimate of drug-likeness (QED) is 0.457. The lowest BCUT2D eigenvalue weighted by molar-refractivity contribution is -0.643. The van der Waals surface area contributed by atoms with Crippen molar-refractivity contribution in [2.75, 3.05) is 12.4 Å². The van der Waals surface area contributed by atoms with Gasteiger partial charge in [0.25, 0.3) is 5.91 Å². The monoisotopic (exact) mass is 344 g/mol. The van der Waals surface area contributed by atoms with Crippen LogP contribution in [0.5, 0.6) is 5.75 Å². The SMILES string of the molecule is COc1cccc2c[n+](C)c3cc(C(=O)Nc4ccccn4)ccc3c12. The number of anilines is 1. The minimum atomic E-state index is -0.189. The fourth-order valence-electron chi connectivity index (χ4n) is 3.19. The maximum atomic E-state index is 12.6. The third-order valence-electron chi connectivity index (χ3n) is 4.43. The summed E-state index contributed by atoms with van der Waals surface area (Å²) in [7, 11) is 3.64. The first-order valence-corrected chi connectivity index (χ1v) is 8.29. The fraction of sp³-hybridized carbons (Fsp3) is 0.0952. The van der Waals surface area contributed by atoms with Gasteiger partial charge in [0.05, 0.1) is 17.9 Å². The first-order valence-electron chi connectivity index (χ1n) is 8.29. The van der Waals surface area contributed by atoms with Gasteiger partial charge in [-0.25, -0.2) is 9.55 Å². The molecule has 0 radical (unpaired) electrons. The average molecular weight is 344 g/mol. The molecule has 128 valence electrons. The number of fused-ring (bicyclic) bond motifs is 3. The summed E-state index contributed by atoms with van der Waals surface area (Å²) in [5.74, 6) is 1.16. The molecule has 0 saturated carbocycles. The molecule has 4 aromatic rings. The number of benzene rings is 2. The first kappa shape index (κ1) is 16.0. The molecule has 0 bridgehead atoms. The average Bonchev–Trinajstić information content (AvgIpc) is 2.68. The molecule has 2 aromatic carbocycles. The van der Waals surface area contributed by atoms with E-state index >= 15 is 0 Å². The van der Waals surface area contributed by atoms with Crippen molar-refractivity contribution in [3.63, 3.8) is 0 Å². The molecule has 0 atom stereocenters. The van der Waals surface area contributed by atoms with Crippen LogP contribution >= 0.6 is 0 Å². The van der Waals surface area contributed by atoms with Gasteiger partial charge in [-0.15, -0.1) is 0 Å². The minimum Gasteiger partial charge on any atom is -0.496 e. The molecule has 1 amide bonds. The Morgan fingerprint density at radius 3 is 2.77 bits per heavy atom. The van der Waals surface area contributed by atoms with Gasteiger partial charge < -0.3 is 10.1 Å². The van der Waals surface area contributed by atoms with Crippen LogP contribution in [0.4, 0.5) is 5.82 Å². The van der Waals surface area contributed by atoms with E-state index in [2.05, 4.69) is 16.4 Å². The van der Waals surface area contributed by atoms with Gasteiger partial charge in [-0.1, -0.05) is 12.1 Å². The number of methoxy groups -OCH3 is 1. The number of nitrogens with zero attached hydrogens (tertiary/aromatic N) is 2. The van der Waals surface area contributed by atoms with Gasteiger partial charge >= 0.3 is 0 Å². The molecular weight excluding hydrogens is 326 g/mol. The van der Waals surface area contributed by atoms with E-state index in [1.165, 1.54) is 0 Å². The third-order valence-corrected chi connectivity index (χ3v) is 4.43. The highest BCUT2D eigenvalue weighted by Crippen LogP contribution is 2.31.